The molecule has 0 radical (unpaired) electrons. The van der Waals surface area contributed by atoms with Crippen molar-refractivity contribution >= 4 is 0 Å². The minimum atomic E-state index is 0.704. The third kappa shape index (κ3) is 6.88. The minimum absolute atomic E-state index is 0.704. The molecule has 1 aliphatic heterocycles. The summed E-state index contributed by atoms with van der Waals surface area (Å²) >= 11 is 0. The van der Waals surface area contributed by atoms with Crippen molar-refractivity contribution in [3.8, 4) is 0 Å². The number of nitrogens with one attached hydrogen (secondary N) is 2. The lowest BCUT2D eigenvalue weighted by atomic mass is 10.1. The Hall–Kier alpha value is -0.120. The maximum absolute atomic E-state index is 5.42. The number of ether oxygens (including phenoxy) is 1. The van der Waals surface area contributed by atoms with Crippen LogP contribution in [0.5, 0.6) is 0 Å². The zero-order chi connectivity index (χ0) is 10.8. The van der Waals surface area contributed by atoms with Gasteiger partial charge in [0.05, 0.1) is 0 Å². The molecule has 0 aliphatic carbocycles. The first-order chi connectivity index (χ1) is 7.43. The van der Waals surface area contributed by atoms with Gasteiger partial charge in [0.2, 0.25) is 0 Å². The van der Waals surface area contributed by atoms with Crippen molar-refractivity contribution in [3.63, 3.8) is 0 Å². The Kier molecular flexibility index (Phi) is 7.88. The van der Waals surface area contributed by atoms with Gasteiger partial charge in [-0.15, -0.1) is 0 Å². The third-order valence-electron chi connectivity index (χ3n) is 2.79. The average Bonchev–Trinajstić information content (AvgIpc) is 2.29. The summed E-state index contributed by atoms with van der Waals surface area (Å²) in [6.45, 7) is 7.36. The van der Waals surface area contributed by atoms with Crippen molar-refractivity contribution in [2.45, 2.75) is 45.1 Å². The third-order valence-corrected chi connectivity index (χ3v) is 2.79. The van der Waals surface area contributed by atoms with Crippen LogP contribution in [0, 0.1) is 0 Å². The molecule has 1 saturated heterocycles. The summed E-state index contributed by atoms with van der Waals surface area (Å²) < 4.78 is 5.42. The van der Waals surface area contributed by atoms with E-state index in [-0.39, 0.29) is 0 Å². The Bertz CT molecular complexity index is 136. The Morgan fingerprint density at radius 2 is 2.27 bits per heavy atom. The molecule has 2 N–H and O–H groups in total. The van der Waals surface area contributed by atoms with Crippen LogP contribution in [-0.2, 0) is 4.74 Å². The zero-order valence-electron chi connectivity index (χ0n) is 10.1. The van der Waals surface area contributed by atoms with Crippen LogP contribution < -0.4 is 10.6 Å². The van der Waals surface area contributed by atoms with Gasteiger partial charge in [-0.3, -0.25) is 0 Å². The summed E-state index contributed by atoms with van der Waals surface area (Å²) in [5.41, 5.74) is 0. The van der Waals surface area contributed by atoms with Gasteiger partial charge in [-0.05, 0) is 38.8 Å². The van der Waals surface area contributed by atoms with Gasteiger partial charge in [-0.2, -0.15) is 0 Å². The quantitative estimate of drug-likeness (QED) is 0.601. The zero-order valence-corrected chi connectivity index (χ0v) is 10.1. The highest BCUT2D eigenvalue weighted by molar-refractivity contribution is 4.73. The molecule has 1 heterocycles. The van der Waals surface area contributed by atoms with E-state index in [9.17, 15) is 0 Å². The number of hydrogen-bond donors (Lipinski definition) is 2. The number of piperidine rings is 1. The van der Waals surface area contributed by atoms with E-state index in [0.717, 1.165) is 39.1 Å². The van der Waals surface area contributed by atoms with Crippen LogP contribution in [0.2, 0.25) is 0 Å². The molecule has 0 spiro atoms. The molecule has 1 atom stereocenters. The van der Waals surface area contributed by atoms with Gasteiger partial charge >= 0.3 is 0 Å². The molecular weight excluding hydrogens is 188 g/mol. The average molecular weight is 214 g/mol. The van der Waals surface area contributed by atoms with E-state index in [1.165, 1.54) is 25.8 Å². The number of rotatable bonds is 8. The molecule has 0 aromatic carbocycles. The van der Waals surface area contributed by atoms with Crippen molar-refractivity contribution in [2.75, 3.05) is 32.8 Å². The van der Waals surface area contributed by atoms with Crippen molar-refractivity contribution in [2.24, 2.45) is 0 Å². The van der Waals surface area contributed by atoms with Gasteiger partial charge in [0.15, 0.2) is 0 Å². The highest BCUT2D eigenvalue weighted by atomic mass is 16.5. The SMILES string of the molecule is CCCOCCCNCC1CCCCN1. The van der Waals surface area contributed by atoms with E-state index in [1.54, 1.807) is 0 Å². The van der Waals surface area contributed by atoms with Gasteiger partial charge in [0.25, 0.3) is 0 Å². The normalized spacial score (nSPS) is 21.8. The summed E-state index contributed by atoms with van der Waals surface area (Å²) in [6, 6.07) is 0.704. The Labute approximate surface area is 94.0 Å². The maximum atomic E-state index is 5.42. The molecule has 0 aromatic rings. The van der Waals surface area contributed by atoms with E-state index in [4.69, 9.17) is 4.74 Å². The van der Waals surface area contributed by atoms with Crippen molar-refractivity contribution in [3.05, 3.63) is 0 Å². The van der Waals surface area contributed by atoms with Crippen molar-refractivity contribution in [1.82, 2.24) is 10.6 Å². The molecule has 15 heavy (non-hydrogen) atoms. The molecule has 1 aliphatic rings. The van der Waals surface area contributed by atoms with Crippen LogP contribution in [-0.4, -0.2) is 38.9 Å². The maximum Gasteiger partial charge on any atom is 0.0478 e. The summed E-state index contributed by atoms with van der Waals surface area (Å²) in [7, 11) is 0. The fourth-order valence-corrected chi connectivity index (χ4v) is 1.92. The second kappa shape index (κ2) is 9.13. The topological polar surface area (TPSA) is 33.3 Å². The molecule has 0 bridgehead atoms. The number of hydrogen-bond acceptors (Lipinski definition) is 3. The first kappa shape index (κ1) is 12.9. The minimum Gasteiger partial charge on any atom is -0.381 e. The second-order valence-corrected chi connectivity index (χ2v) is 4.32. The summed E-state index contributed by atoms with van der Waals surface area (Å²) in [4.78, 5) is 0. The molecule has 0 aromatic heterocycles. The molecule has 3 heteroatoms. The lowest BCUT2D eigenvalue weighted by Gasteiger charge is -2.23. The highest BCUT2D eigenvalue weighted by Crippen LogP contribution is 2.05. The fourth-order valence-electron chi connectivity index (χ4n) is 1.92. The van der Waals surface area contributed by atoms with Gasteiger partial charge < -0.3 is 15.4 Å². The van der Waals surface area contributed by atoms with Gasteiger partial charge in [0.1, 0.15) is 0 Å². The molecule has 3 nitrogen and oxygen atoms in total. The lowest BCUT2D eigenvalue weighted by Crippen LogP contribution is -2.42. The molecule has 0 amide bonds. The van der Waals surface area contributed by atoms with E-state index in [1.807, 2.05) is 0 Å². The van der Waals surface area contributed by atoms with Gasteiger partial charge in [0, 0.05) is 25.8 Å². The van der Waals surface area contributed by atoms with Gasteiger partial charge in [-0.1, -0.05) is 13.3 Å². The standard InChI is InChI=1S/C12H26N2O/c1-2-9-15-10-5-7-13-11-12-6-3-4-8-14-12/h12-14H,2-11H2,1H3. The van der Waals surface area contributed by atoms with Gasteiger partial charge in [-0.25, -0.2) is 0 Å². The Morgan fingerprint density at radius 1 is 1.33 bits per heavy atom. The van der Waals surface area contributed by atoms with Crippen LogP contribution >= 0.6 is 0 Å². The second-order valence-electron chi connectivity index (χ2n) is 4.32. The summed E-state index contributed by atoms with van der Waals surface area (Å²) in [5.74, 6) is 0. The van der Waals surface area contributed by atoms with E-state index >= 15 is 0 Å². The van der Waals surface area contributed by atoms with E-state index in [0.29, 0.717) is 6.04 Å². The van der Waals surface area contributed by atoms with E-state index in [2.05, 4.69) is 17.6 Å². The van der Waals surface area contributed by atoms with Crippen LogP contribution in [0.1, 0.15) is 39.0 Å². The first-order valence-corrected chi connectivity index (χ1v) is 6.45. The molecule has 1 unspecified atom stereocenters. The lowest BCUT2D eigenvalue weighted by molar-refractivity contribution is 0.132. The Morgan fingerprint density at radius 3 is 3.00 bits per heavy atom. The predicted octanol–water partition coefficient (Wildman–Crippen LogP) is 1.53. The highest BCUT2D eigenvalue weighted by Gasteiger charge is 2.10. The molecule has 0 saturated carbocycles. The largest absolute Gasteiger partial charge is 0.381 e. The van der Waals surface area contributed by atoms with Crippen LogP contribution in [0.4, 0.5) is 0 Å². The van der Waals surface area contributed by atoms with Crippen LogP contribution in [0.15, 0.2) is 0 Å². The Balaban J connectivity index is 1.79. The van der Waals surface area contributed by atoms with Crippen molar-refractivity contribution < 1.29 is 4.74 Å². The molecular formula is C12H26N2O. The van der Waals surface area contributed by atoms with Crippen LogP contribution in [0.3, 0.4) is 0 Å². The first-order valence-electron chi connectivity index (χ1n) is 6.45. The van der Waals surface area contributed by atoms with E-state index < -0.39 is 0 Å². The molecule has 1 fully saturated rings. The fraction of sp³-hybridized carbons (Fsp3) is 1.00. The summed E-state index contributed by atoms with van der Waals surface area (Å²) in [5, 5.41) is 7.03. The molecule has 90 valence electrons. The molecule has 1 rings (SSSR count). The van der Waals surface area contributed by atoms with Crippen molar-refractivity contribution in [1.29, 1.82) is 0 Å². The summed E-state index contributed by atoms with van der Waals surface area (Å²) in [6.07, 6.45) is 6.33. The smallest absolute Gasteiger partial charge is 0.0478 e. The van der Waals surface area contributed by atoms with Crippen LogP contribution in [0.25, 0.3) is 0 Å². The predicted molar refractivity (Wildman–Crippen MR) is 64.2 cm³/mol. The monoisotopic (exact) mass is 214 g/mol.